The zero-order valence-corrected chi connectivity index (χ0v) is 51.4. The molecule has 0 aliphatic carbocycles. The molecule has 3 N–H and O–H groups in total. The molecular formula is C71H131NO5. The van der Waals surface area contributed by atoms with Crippen molar-refractivity contribution in [3.8, 4) is 0 Å². The third-order valence-corrected chi connectivity index (χ3v) is 15.5. The van der Waals surface area contributed by atoms with Crippen LogP contribution in [0.1, 0.15) is 354 Å². The van der Waals surface area contributed by atoms with E-state index < -0.39 is 12.1 Å². The van der Waals surface area contributed by atoms with E-state index in [1.807, 2.05) is 6.08 Å². The molecule has 0 radical (unpaired) electrons. The Kier molecular flexibility index (Phi) is 64.0. The summed E-state index contributed by atoms with van der Waals surface area (Å²) in [7, 11) is 0. The van der Waals surface area contributed by atoms with Crippen molar-refractivity contribution in [2.45, 2.75) is 366 Å². The molecule has 450 valence electrons. The number of esters is 1. The van der Waals surface area contributed by atoms with Crippen molar-refractivity contribution in [3.63, 3.8) is 0 Å². The van der Waals surface area contributed by atoms with Crippen LogP contribution in [0.25, 0.3) is 0 Å². The van der Waals surface area contributed by atoms with Gasteiger partial charge in [0.15, 0.2) is 0 Å². The van der Waals surface area contributed by atoms with E-state index in [1.54, 1.807) is 6.08 Å². The molecule has 0 aliphatic heterocycles. The number of aliphatic hydroxyl groups excluding tert-OH is 2. The number of nitrogens with one attached hydrogen (secondary N) is 1. The van der Waals surface area contributed by atoms with Gasteiger partial charge in [-0.25, -0.2) is 0 Å². The van der Waals surface area contributed by atoms with Gasteiger partial charge in [-0.1, -0.05) is 312 Å². The molecule has 0 aromatic carbocycles. The highest BCUT2D eigenvalue weighted by molar-refractivity contribution is 5.76. The summed E-state index contributed by atoms with van der Waals surface area (Å²) in [6, 6.07) is -0.635. The Bertz CT molecular complexity index is 1340. The van der Waals surface area contributed by atoms with Crippen LogP contribution < -0.4 is 5.32 Å². The summed E-state index contributed by atoms with van der Waals surface area (Å²) in [5.74, 6) is -0.0784. The highest BCUT2D eigenvalue weighted by atomic mass is 16.5. The summed E-state index contributed by atoms with van der Waals surface area (Å²) in [6.07, 6.45) is 87.1. The third kappa shape index (κ3) is 62.6. The number of hydrogen-bond donors (Lipinski definition) is 3. The van der Waals surface area contributed by atoms with Crippen LogP contribution in [0.15, 0.2) is 60.8 Å². The Balaban J connectivity index is 3.47. The molecule has 0 saturated heterocycles. The fourth-order valence-electron chi connectivity index (χ4n) is 10.3. The minimum Gasteiger partial charge on any atom is -0.466 e. The molecule has 2 atom stereocenters. The minimum absolute atomic E-state index is 0.00634. The topological polar surface area (TPSA) is 95.9 Å². The lowest BCUT2D eigenvalue weighted by Gasteiger charge is -2.20. The maximum Gasteiger partial charge on any atom is 0.305 e. The molecular weight excluding hydrogens is 947 g/mol. The van der Waals surface area contributed by atoms with E-state index in [-0.39, 0.29) is 18.5 Å². The maximum atomic E-state index is 12.5. The number of ether oxygens (including phenoxy) is 1. The first-order valence-electron chi connectivity index (χ1n) is 34.1. The number of hydrogen-bond acceptors (Lipinski definition) is 5. The molecule has 6 heteroatoms. The summed E-state index contributed by atoms with van der Waals surface area (Å²) >= 11 is 0. The lowest BCUT2D eigenvalue weighted by Crippen LogP contribution is -2.45. The summed E-state index contributed by atoms with van der Waals surface area (Å²) in [5.41, 5.74) is 0. The van der Waals surface area contributed by atoms with Gasteiger partial charge < -0.3 is 20.3 Å². The minimum atomic E-state index is -0.851. The maximum absolute atomic E-state index is 12.5. The van der Waals surface area contributed by atoms with Gasteiger partial charge >= 0.3 is 5.97 Å². The van der Waals surface area contributed by atoms with E-state index in [1.165, 1.54) is 270 Å². The number of carbonyl (C=O) groups excluding carboxylic acids is 2. The molecule has 0 aromatic rings. The highest BCUT2D eigenvalue weighted by Gasteiger charge is 2.18. The normalized spacial score (nSPS) is 12.9. The van der Waals surface area contributed by atoms with Crippen LogP contribution in [0.3, 0.4) is 0 Å². The summed E-state index contributed by atoms with van der Waals surface area (Å²) in [5, 5.41) is 23.2. The number of unbranched alkanes of at least 4 members (excludes halogenated alkanes) is 44. The van der Waals surface area contributed by atoms with E-state index in [9.17, 15) is 19.8 Å². The zero-order valence-electron chi connectivity index (χ0n) is 51.4. The molecule has 1 amide bonds. The number of rotatable bonds is 63. The van der Waals surface area contributed by atoms with Crippen LogP contribution in [0, 0.1) is 0 Å². The van der Waals surface area contributed by atoms with Gasteiger partial charge in [-0.05, 0) is 89.9 Å². The van der Waals surface area contributed by atoms with Crippen LogP contribution in [-0.2, 0) is 14.3 Å². The monoisotopic (exact) mass is 1080 g/mol. The zero-order chi connectivity index (χ0) is 55.7. The average Bonchev–Trinajstić information content (AvgIpc) is 3.43. The van der Waals surface area contributed by atoms with E-state index in [4.69, 9.17) is 4.74 Å². The van der Waals surface area contributed by atoms with Crippen LogP contribution in [-0.4, -0.2) is 47.4 Å². The Morgan fingerprint density at radius 1 is 0.364 bits per heavy atom. The second-order valence-electron chi connectivity index (χ2n) is 23.1. The lowest BCUT2D eigenvalue weighted by molar-refractivity contribution is -0.143. The molecule has 0 saturated carbocycles. The smallest absolute Gasteiger partial charge is 0.305 e. The van der Waals surface area contributed by atoms with Gasteiger partial charge in [-0.15, -0.1) is 0 Å². The Morgan fingerprint density at radius 2 is 0.662 bits per heavy atom. The molecule has 0 aliphatic rings. The first-order valence-corrected chi connectivity index (χ1v) is 34.1. The van der Waals surface area contributed by atoms with Crippen molar-refractivity contribution >= 4 is 11.9 Å². The van der Waals surface area contributed by atoms with Gasteiger partial charge in [0.25, 0.3) is 0 Å². The fraction of sp³-hybridized carbons (Fsp3) is 0.831. The van der Waals surface area contributed by atoms with Crippen LogP contribution >= 0.6 is 0 Å². The van der Waals surface area contributed by atoms with Gasteiger partial charge in [-0.2, -0.15) is 0 Å². The van der Waals surface area contributed by atoms with Crippen molar-refractivity contribution in [1.29, 1.82) is 0 Å². The second-order valence-corrected chi connectivity index (χ2v) is 23.1. The molecule has 77 heavy (non-hydrogen) atoms. The first-order chi connectivity index (χ1) is 38.0. The van der Waals surface area contributed by atoms with E-state index in [0.29, 0.717) is 19.4 Å². The lowest BCUT2D eigenvalue weighted by atomic mass is 10.0. The predicted molar refractivity (Wildman–Crippen MR) is 338 cm³/mol. The Labute approximate surface area is 479 Å². The number of allylic oxidation sites excluding steroid dienone is 9. The largest absolute Gasteiger partial charge is 0.466 e. The molecule has 0 fully saturated rings. The van der Waals surface area contributed by atoms with Crippen molar-refractivity contribution in [1.82, 2.24) is 5.32 Å². The van der Waals surface area contributed by atoms with Gasteiger partial charge in [0, 0.05) is 12.8 Å². The van der Waals surface area contributed by atoms with Gasteiger partial charge in [-0.3, -0.25) is 9.59 Å². The molecule has 2 unspecified atom stereocenters. The molecule has 0 heterocycles. The predicted octanol–water partition coefficient (Wildman–Crippen LogP) is 21.9. The van der Waals surface area contributed by atoms with Gasteiger partial charge in [0.05, 0.1) is 25.4 Å². The third-order valence-electron chi connectivity index (χ3n) is 15.5. The van der Waals surface area contributed by atoms with E-state index in [2.05, 4.69) is 67.8 Å². The van der Waals surface area contributed by atoms with Crippen LogP contribution in [0.4, 0.5) is 0 Å². The number of aliphatic hydroxyl groups is 2. The molecule has 0 spiro atoms. The Hall–Kier alpha value is -2.44. The van der Waals surface area contributed by atoms with E-state index in [0.717, 1.165) is 57.8 Å². The van der Waals surface area contributed by atoms with E-state index >= 15 is 0 Å². The molecule has 0 aromatic heterocycles. The van der Waals surface area contributed by atoms with Crippen molar-refractivity contribution in [2.75, 3.05) is 13.2 Å². The van der Waals surface area contributed by atoms with Crippen LogP contribution in [0.5, 0.6) is 0 Å². The summed E-state index contributed by atoms with van der Waals surface area (Å²) in [6.45, 7) is 4.87. The number of carbonyl (C=O) groups is 2. The van der Waals surface area contributed by atoms with Crippen LogP contribution in [0.2, 0.25) is 0 Å². The first kappa shape index (κ1) is 74.6. The molecule has 6 nitrogen and oxygen atoms in total. The summed E-state index contributed by atoms with van der Waals surface area (Å²) in [4.78, 5) is 24.6. The molecule has 0 bridgehead atoms. The van der Waals surface area contributed by atoms with Crippen molar-refractivity contribution in [3.05, 3.63) is 60.8 Å². The highest BCUT2D eigenvalue weighted by Crippen LogP contribution is 2.17. The quantitative estimate of drug-likeness (QED) is 0.0320. The van der Waals surface area contributed by atoms with Gasteiger partial charge in [0.2, 0.25) is 5.91 Å². The van der Waals surface area contributed by atoms with Crippen molar-refractivity contribution < 1.29 is 24.5 Å². The molecule has 0 rings (SSSR count). The van der Waals surface area contributed by atoms with Crippen molar-refractivity contribution in [2.24, 2.45) is 0 Å². The number of amides is 1. The fourth-order valence-corrected chi connectivity index (χ4v) is 10.3. The summed E-state index contributed by atoms with van der Waals surface area (Å²) < 4.78 is 5.47. The SMILES string of the molecule is CCCC/C=C\C/C=C\CCCCCCCC(=O)OCCCCCCCCCCC/C=C\C/C=C\CCCCCCCCCCCC(=O)NC(CO)C(O)/C=C/CCCCCCCCCCCCCCCCCCCCC. The standard InChI is InChI=1S/C71H131NO5/c1-3-5-7-9-11-13-15-17-19-20-21-27-30-33-36-39-43-47-51-55-59-63-69(74)68(67-73)72-70(75)64-60-56-52-48-44-40-37-34-31-28-25-23-22-24-26-29-32-35-38-42-46-50-54-58-62-66-77-71(76)65-61-57-53-49-45-41-18-16-14-12-10-8-6-4-2/h10,12,16,18,23-26,59,63,68-69,73-74H,3-9,11,13-15,17,19-22,27-58,60-62,64-67H2,1-2H3,(H,72,75)/b12-10-,18-16-,25-23-,26-24-,63-59+. The second kappa shape index (κ2) is 66.1. The van der Waals surface area contributed by atoms with Gasteiger partial charge in [0.1, 0.15) is 0 Å². The Morgan fingerprint density at radius 3 is 1.03 bits per heavy atom. The average molecular weight is 1080 g/mol.